The van der Waals surface area contributed by atoms with Gasteiger partial charge in [0.15, 0.2) is 6.10 Å². The van der Waals surface area contributed by atoms with Gasteiger partial charge >= 0.3 is 5.97 Å². The second-order valence-electron chi connectivity index (χ2n) is 6.19. The van der Waals surface area contributed by atoms with Crippen molar-refractivity contribution in [2.45, 2.75) is 40.2 Å². The van der Waals surface area contributed by atoms with Crippen molar-refractivity contribution in [3.8, 4) is 0 Å². The standard InChI is InChI=1S/C14H25NO4/c1-10(14(2,3)4)8-12(16)15-6-7-19-11(9-15)13(17)18-5/h10-11H,6-9H2,1-5H3. The molecule has 1 rings (SSSR count). The predicted molar refractivity (Wildman–Crippen MR) is 71.6 cm³/mol. The molecule has 2 atom stereocenters. The van der Waals surface area contributed by atoms with Crippen LogP contribution in [0.25, 0.3) is 0 Å². The highest BCUT2D eigenvalue weighted by atomic mass is 16.6. The first-order valence-corrected chi connectivity index (χ1v) is 6.73. The molecule has 0 spiro atoms. The van der Waals surface area contributed by atoms with Crippen molar-refractivity contribution in [3.63, 3.8) is 0 Å². The minimum Gasteiger partial charge on any atom is -0.467 e. The number of rotatable bonds is 3. The predicted octanol–water partition coefficient (Wildman–Crippen LogP) is 1.46. The maximum atomic E-state index is 12.2. The monoisotopic (exact) mass is 271 g/mol. The van der Waals surface area contributed by atoms with Crippen molar-refractivity contribution < 1.29 is 19.1 Å². The van der Waals surface area contributed by atoms with Gasteiger partial charge in [0.2, 0.25) is 5.91 Å². The van der Waals surface area contributed by atoms with Crippen LogP contribution in [0.4, 0.5) is 0 Å². The fourth-order valence-electron chi connectivity index (χ4n) is 1.85. The van der Waals surface area contributed by atoms with Crippen LogP contribution in [-0.2, 0) is 19.1 Å². The molecule has 0 aromatic heterocycles. The molecule has 1 fully saturated rings. The SMILES string of the molecule is COC(=O)C1CN(C(=O)CC(C)C(C)(C)C)CCO1. The van der Waals surface area contributed by atoms with Crippen LogP contribution in [0, 0.1) is 11.3 Å². The van der Waals surface area contributed by atoms with E-state index in [0.29, 0.717) is 32.0 Å². The molecule has 0 N–H and O–H groups in total. The molecular weight excluding hydrogens is 246 g/mol. The topological polar surface area (TPSA) is 55.8 Å². The Bertz CT molecular complexity index is 335. The van der Waals surface area contributed by atoms with Crippen LogP contribution in [0.1, 0.15) is 34.1 Å². The van der Waals surface area contributed by atoms with Crippen LogP contribution in [0.2, 0.25) is 0 Å². The number of morpholine rings is 1. The van der Waals surface area contributed by atoms with E-state index in [4.69, 9.17) is 4.74 Å². The summed E-state index contributed by atoms with van der Waals surface area (Å²) in [6, 6.07) is 0. The summed E-state index contributed by atoms with van der Waals surface area (Å²) in [5.74, 6) is -0.0413. The molecular formula is C14H25NO4. The van der Waals surface area contributed by atoms with Gasteiger partial charge in [0.1, 0.15) is 0 Å². The van der Waals surface area contributed by atoms with Gasteiger partial charge < -0.3 is 14.4 Å². The first-order valence-electron chi connectivity index (χ1n) is 6.73. The van der Waals surface area contributed by atoms with Crippen molar-refractivity contribution in [3.05, 3.63) is 0 Å². The van der Waals surface area contributed by atoms with E-state index in [-0.39, 0.29) is 11.3 Å². The summed E-state index contributed by atoms with van der Waals surface area (Å²) >= 11 is 0. The molecule has 1 aliphatic heterocycles. The summed E-state index contributed by atoms with van der Waals surface area (Å²) in [6.07, 6.45) is -0.148. The van der Waals surface area contributed by atoms with Gasteiger partial charge in [-0.2, -0.15) is 0 Å². The second-order valence-corrected chi connectivity index (χ2v) is 6.19. The second kappa shape index (κ2) is 6.37. The largest absolute Gasteiger partial charge is 0.467 e. The minimum atomic E-state index is -0.646. The number of methoxy groups -OCH3 is 1. The summed E-state index contributed by atoms with van der Waals surface area (Å²) in [5.41, 5.74) is 0.101. The van der Waals surface area contributed by atoms with E-state index >= 15 is 0 Å². The van der Waals surface area contributed by atoms with Gasteiger partial charge in [-0.25, -0.2) is 4.79 Å². The zero-order valence-corrected chi connectivity index (χ0v) is 12.6. The Balaban J connectivity index is 2.55. The third-order valence-electron chi connectivity index (χ3n) is 3.84. The quantitative estimate of drug-likeness (QED) is 0.729. The molecule has 1 heterocycles. The Morgan fingerprint density at radius 1 is 1.42 bits per heavy atom. The van der Waals surface area contributed by atoms with E-state index in [0.717, 1.165) is 0 Å². The maximum absolute atomic E-state index is 12.2. The number of hydrogen-bond acceptors (Lipinski definition) is 4. The number of carbonyl (C=O) groups excluding carboxylic acids is 2. The number of nitrogens with zero attached hydrogens (tertiary/aromatic N) is 1. The smallest absolute Gasteiger partial charge is 0.336 e. The number of carbonyl (C=O) groups is 2. The van der Waals surface area contributed by atoms with E-state index < -0.39 is 12.1 Å². The van der Waals surface area contributed by atoms with E-state index in [1.165, 1.54) is 7.11 Å². The molecule has 0 aromatic carbocycles. The summed E-state index contributed by atoms with van der Waals surface area (Å²) in [7, 11) is 1.33. The van der Waals surface area contributed by atoms with Crippen LogP contribution in [0.3, 0.4) is 0 Å². The molecule has 1 saturated heterocycles. The molecule has 5 heteroatoms. The van der Waals surface area contributed by atoms with Crippen LogP contribution in [0.15, 0.2) is 0 Å². The lowest BCUT2D eigenvalue weighted by atomic mass is 9.80. The summed E-state index contributed by atoms with van der Waals surface area (Å²) in [4.78, 5) is 25.4. The fourth-order valence-corrected chi connectivity index (χ4v) is 1.85. The van der Waals surface area contributed by atoms with E-state index in [1.807, 2.05) is 0 Å². The summed E-state index contributed by atoms with van der Waals surface area (Å²) < 4.78 is 9.97. The first-order chi connectivity index (χ1) is 8.75. The van der Waals surface area contributed by atoms with Gasteiger partial charge in [0.25, 0.3) is 0 Å². The molecule has 0 aliphatic carbocycles. The Hall–Kier alpha value is -1.10. The Morgan fingerprint density at radius 3 is 2.58 bits per heavy atom. The Kier molecular flexibility index (Phi) is 5.35. The van der Waals surface area contributed by atoms with Crippen LogP contribution in [0.5, 0.6) is 0 Å². The van der Waals surface area contributed by atoms with Crippen LogP contribution >= 0.6 is 0 Å². The van der Waals surface area contributed by atoms with Crippen LogP contribution < -0.4 is 0 Å². The van der Waals surface area contributed by atoms with E-state index in [9.17, 15) is 9.59 Å². The van der Waals surface area contributed by atoms with Crippen molar-refractivity contribution in [2.75, 3.05) is 26.8 Å². The lowest BCUT2D eigenvalue weighted by molar-refractivity contribution is -0.162. The summed E-state index contributed by atoms with van der Waals surface area (Å²) in [6.45, 7) is 9.68. The highest BCUT2D eigenvalue weighted by Crippen LogP contribution is 2.28. The third kappa shape index (κ3) is 4.49. The lowest BCUT2D eigenvalue weighted by Gasteiger charge is -2.34. The van der Waals surface area contributed by atoms with Crippen molar-refractivity contribution in [2.24, 2.45) is 11.3 Å². The maximum Gasteiger partial charge on any atom is 0.336 e. The van der Waals surface area contributed by atoms with Crippen molar-refractivity contribution >= 4 is 11.9 Å². The highest BCUT2D eigenvalue weighted by Gasteiger charge is 2.31. The molecule has 0 aromatic rings. The molecule has 1 amide bonds. The Morgan fingerprint density at radius 2 is 2.05 bits per heavy atom. The molecule has 0 bridgehead atoms. The zero-order chi connectivity index (χ0) is 14.6. The van der Waals surface area contributed by atoms with Gasteiger partial charge in [-0.3, -0.25) is 4.79 Å². The molecule has 110 valence electrons. The number of ether oxygens (including phenoxy) is 2. The molecule has 2 unspecified atom stereocenters. The molecule has 0 radical (unpaired) electrons. The van der Waals surface area contributed by atoms with Gasteiger partial charge in [0.05, 0.1) is 20.3 Å². The van der Waals surface area contributed by atoms with Gasteiger partial charge in [0, 0.05) is 13.0 Å². The summed E-state index contributed by atoms with van der Waals surface area (Å²) in [5, 5.41) is 0. The average molecular weight is 271 g/mol. The van der Waals surface area contributed by atoms with Gasteiger partial charge in [-0.15, -0.1) is 0 Å². The normalized spacial score (nSPS) is 21.9. The van der Waals surface area contributed by atoms with E-state index in [2.05, 4.69) is 32.4 Å². The van der Waals surface area contributed by atoms with E-state index in [1.54, 1.807) is 4.90 Å². The molecule has 0 saturated carbocycles. The molecule has 1 aliphatic rings. The minimum absolute atomic E-state index is 0.0830. The number of esters is 1. The first kappa shape index (κ1) is 16.0. The number of hydrogen-bond donors (Lipinski definition) is 0. The Labute approximate surface area is 115 Å². The van der Waals surface area contributed by atoms with Crippen LogP contribution in [-0.4, -0.2) is 49.7 Å². The van der Waals surface area contributed by atoms with Crippen molar-refractivity contribution in [1.29, 1.82) is 0 Å². The molecule has 5 nitrogen and oxygen atoms in total. The van der Waals surface area contributed by atoms with Gasteiger partial charge in [-0.05, 0) is 11.3 Å². The van der Waals surface area contributed by atoms with Gasteiger partial charge in [-0.1, -0.05) is 27.7 Å². The number of amides is 1. The highest BCUT2D eigenvalue weighted by molar-refractivity contribution is 5.79. The lowest BCUT2D eigenvalue weighted by Crippen LogP contribution is -2.49. The molecule has 19 heavy (non-hydrogen) atoms. The van der Waals surface area contributed by atoms with Crippen molar-refractivity contribution in [1.82, 2.24) is 4.90 Å². The fraction of sp³-hybridized carbons (Fsp3) is 0.857. The zero-order valence-electron chi connectivity index (χ0n) is 12.6. The third-order valence-corrected chi connectivity index (χ3v) is 3.84. The average Bonchev–Trinajstić information content (AvgIpc) is 2.36.